The maximum absolute atomic E-state index is 13.9. The Hall–Kier alpha value is -2.98. The Labute approximate surface area is 240 Å². The number of fused-ring (bicyclic) bond motifs is 3. The van der Waals surface area contributed by atoms with E-state index in [1.165, 1.54) is 57.8 Å². The lowest BCUT2D eigenvalue weighted by molar-refractivity contribution is -0.151. The van der Waals surface area contributed by atoms with Crippen molar-refractivity contribution in [2.45, 2.75) is 94.8 Å². The summed E-state index contributed by atoms with van der Waals surface area (Å²) in [5.41, 5.74) is 1.54. The van der Waals surface area contributed by atoms with Crippen molar-refractivity contribution in [2.75, 3.05) is 31.5 Å². The molecule has 3 aliphatic heterocycles. The summed E-state index contributed by atoms with van der Waals surface area (Å²) in [6.07, 6.45) is 13.8. The van der Waals surface area contributed by atoms with Gasteiger partial charge in [0.25, 0.3) is 5.56 Å². The third kappa shape index (κ3) is 5.73. The number of benzene rings is 1. The fourth-order valence-corrected chi connectivity index (χ4v) is 8.26. The number of aromatic nitrogens is 2. The number of anilines is 1. The number of likely N-dealkylation sites (tertiary alicyclic amines) is 1. The molecule has 3 saturated heterocycles. The predicted molar refractivity (Wildman–Crippen MR) is 156 cm³/mol. The molecule has 0 amide bonds. The molecule has 0 radical (unpaired) electrons. The maximum atomic E-state index is 13.9. The van der Waals surface area contributed by atoms with Crippen LogP contribution in [0.25, 0.3) is 11.0 Å². The first-order valence-electron chi connectivity index (χ1n) is 15.6. The second-order valence-corrected chi connectivity index (χ2v) is 12.7. The minimum absolute atomic E-state index is 0.110. The van der Waals surface area contributed by atoms with Crippen LogP contribution >= 0.6 is 0 Å². The summed E-state index contributed by atoms with van der Waals surface area (Å²) in [4.78, 5) is 46.4. The number of carboxylic acids is 2. The maximum Gasteiger partial charge on any atom is 0.308 e. The first kappa shape index (κ1) is 28.2. The molecule has 4 aliphatic rings. The van der Waals surface area contributed by atoms with Crippen LogP contribution in [-0.2, 0) is 9.59 Å². The smallest absolute Gasteiger partial charge is 0.308 e. The minimum atomic E-state index is -1.08. The number of hydrogen-bond acceptors (Lipinski definition) is 7. The fourth-order valence-electron chi connectivity index (χ4n) is 8.26. The van der Waals surface area contributed by atoms with E-state index in [1.54, 1.807) is 0 Å². The molecule has 0 unspecified atom stereocenters. The standard InChI is InChI=1S/C31H43N5O5/c37-29-28(32-14-15-34-18-24(30(38)39)25(19-34)31(40)41)33-26-10-6-7-11-27(26)36(29)23-16-21-12-13-22(17-23)35(21)20-8-4-2-1-3-5-9-20/h6-7,10-11,20-25H,1-5,8-9,12-19H2,(H,32,33)(H,38,39)(H,40,41)/t21-,22+,23+,24-,25-/m1/s1. The highest BCUT2D eigenvalue weighted by molar-refractivity contribution is 5.81. The molecule has 10 nitrogen and oxygen atoms in total. The number of nitrogens with zero attached hydrogens (tertiary/aromatic N) is 4. The molecule has 1 aliphatic carbocycles. The molecule has 5 atom stereocenters. The Morgan fingerprint density at radius 1 is 0.829 bits per heavy atom. The highest BCUT2D eigenvalue weighted by Gasteiger charge is 2.45. The number of hydrogen-bond donors (Lipinski definition) is 3. The SMILES string of the molecule is O=C(O)[C@@H]1CN(CCNc2nc3ccccc3n([C@H]3C[C@H]4CC[C@@H](C3)N4C3CCCCCCC3)c2=O)C[C@H]1C(=O)O. The van der Waals surface area contributed by atoms with Gasteiger partial charge in [0, 0.05) is 50.3 Å². The van der Waals surface area contributed by atoms with Crippen LogP contribution in [0.5, 0.6) is 0 Å². The summed E-state index contributed by atoms with van der Waals surface area (Å²) in [6, 6.07) is 9.72. The van der Waals surface area contributed by atoms with Crippen molar-refractivity contribution in [3.63, 3.8) is 0 Å². The summed E-state index contributed by atoms with van der Waals surface area (Å²) >= 11 is 0. The van der Waals surface area contributed by atoms with E-state index in [0.29, 0.717) is 37.0 Å². The topological polar surface area (TPSA) is 128 Å². The van der Waals surface area contributed by atoms with Crippen LogP contribution in [0.3, 0.4) is 0 Å². The van der Waals surface area contributed by atoms with Gasteiger partial charge in [-0.3, -0.25) is 24.2 Å². The third-order valence-electron chi connectivity index (χ3n) is 10.2. The largest absolute Gasteiger partial charge is 0.481 e. The second-order valence-electron chi connectivity index (χ2n) is 12.7. The highest BCUT2D eigenvalue weighted by atomic mass is 16.4. The van der Waals surface area contributed by atoms with Gasteiger partial charge in [-0.15, -0.1) is 0 Å². The first-order valence-corrected chi connectivity index (χ1v) is 15.6. The Morgan fingerprint density at radius 3 is 2.07 bits per heavy atom. The summed E-state index contributed by atoms with van der Waals surface area (Å²) in [5, 5.41) is 22.1. The summed E-state index contributed by atoms with van der Waals surface area (Å²) in [7, 11) is 0. The molecule has 3 N–H and O–H groups in total. The number of rotatable bonds is 8. The first-order chi connectivity index (χ1) is 19.9. The molecule has 10 heteroatoms. The average Bonchev–Trinajstić information content (AvgIpc) is 3.47. The van der Waals surface area contributed by atoms with E-state index in [2.05, 4.69) is 15.2 Å². The van der Waals surface area contributed by atoms with Crippen molar-refractivity contribution in [2.24, 2.45) is 11.8 Å². The highest BCUT2D eigenvalue weighted by Crippen LogP contribution is 2.44. The van der Waals surface area contributed by atoms with E-state index in [9.17, 15) is 24.6 Å². The molecule has 1 saturated carbocycles. The van der Waals surface area contributed by atoms with Crippen LogP contribution < -0.4 is 10.9 Å². The summed E-state index contributed by atoms with van der Waals surface area (Å²) in [6.45, 7) is 1.19. The Bertz CT molecular complexity index is 1290. The fraction of sp³-hybridized carbons (Fsp3) is 0.677. The van der Waals surface area contributed by atoms with Gasteiger partial charge in [0.1, 0.15) is 0 Å². The molecule has 4 heterocycles. The monoisotopic (exact) mass is 565 g/mol. The summed E-state index contributed by atoms with van der Waals surface area (Å²) < 4.78 is 1.99. The number of carboxylic acid groups (broad SMARTS) is 2. The van der Waals surface area contributed by atoms with Gasteiger partial charge in [-0.05, 0) is 50.7 Å². The lowest BCUT2D eigenvalue weighted by Gasteiger charge is -2.45. The average molecular weight is 566 g/mol. The van der Waals surface area contributed by atoms with Gasteiger partial charge in [0.2, 0.25) is 0 Å². The van der Waals surface area contributed by atoms with E-state index >= 15 is 0 Å². The van der Waals surface area contributed by atoms with Crippen LogP contribution in [0.4, 0.5) is 5.82 Å². The van der Waals surface area contributed by atoms with Crippen molar-refractivity contribution in [3.8, 4) is 0 Å². The van der Waals surface area contributed by atoms with Crippen LogP contribution in [0.15, 0.2) is 29.1 Å². The zero-order chi connectivity index (χ0) is 28.5. The van der Waals surface area contributed by atoms with Crippen molar-refractivity contribution in [1.29, 1.82) is 0 Å². The Balaban J connectivity index is 1.18. The zero-order valence-corrected chi connectivity index (χ0v) is 23.8. The molecule has 2 bridgehead atoms. The third-order valence-corrected chi connectivity index (χ3v) is 10.2. The quantitative estimate of drug-likeness (QED) is 0.438. The minimum Gasteiger partial charge on any atom is -0.481 e. The van der Waals surface area contributed by atoms with E-state index in [-0.39, 0.29) is 24.7 Å². The van der Waals surface area contributed by atoms with Gasteiger partial charge in [0.05, 0.1) is 22.9 Å². The van der Waals surface area contributed by atoms with Gasteiger partial charge in [-0.25, -0.2) is 4.98 Å². The number of para-hydroxylation sites is 2. The molecule has 1 aromatic carbocycles. The predicted octanol–water partition coefficient (Wildman–Crippen LogP) is 3.81. The van der Waals surface area contributed by atoms with Crippen molar-refractivity contribution in [1.82, 2.24) is 19.4 Å². The normalized spacial score (nSPS) is 29.8. The van der Waals surface area contributed by atoms with Crippen LogP contribution in [0.2, 0.25) is 0 Å². The van der Waals surface area contributed by atoms with E-state index in [1.807, 2.05) is 33.7 Å². The van der Waals surface area contributed by atoms with Crippen molar-refractivity contribution in [3.05, 3.63) is 34.6 Å². The molecular weight excluding hydrogens is 522 g/mol. The number of nitrogens with one attached hydrogen (secondary N) is 1. The molecule has 2 aromatic rings. The lowest BCUT2D eigenvalue weighted by Crippen LogP contribution is -2.50. The van der Waals surface area contributed by atoms with Gasteiger partial charge >= 0.3 is 11.9 Å². The van der Waals surface area contributed by atoms with Gasteiger partial charge in [0.15, 0.2) is 5.82 Å². The van der Waals surface area contributed by atoms with Crippen LogP contribution in [0.1, 0.15) is 76.7 Å². The Morgan fingerprint density at radius 2 is 1.44 bits per heavy atom. The lowest BCUT2D eigenvalue weighted by atomic mass is 9.89. The van der Waals surface area contributed by atoms with E-state index in [0.717, 1.165) is 23.9 Å². The van der Waals surface area contributed by atoms with Gasteiger partial charge < -0.3 is 20.1 Å². The second kappa shape index (κ2) is 12.1. The Kier molecular flexibility index (Phi) is 8.30. The van der Waals surface area contributed by atoms with Crippen LogP contribution in [-0.4, -0.2) is 85.8 Å². The molecular formula is C31H43N5O5. The molecule has 4 fully saturated rings. The molecule has 6 rings (SSSR count). The van der Waals surface area contributed by atoms with Crippen LogP contribution in [0, 0.1) is 11.8 Å². The molecule has 222 valence electrons. The van der Waals surface area contributed by atoms with Crippen molar-refractivity contribution >= 4 is 28.8 Å². The molecule has 41 heavy (non-hydrogen) atoms. The van der Waals surface area contributed by atoms with E-state index in [4.69, 9.17) is 0 Å². The number of piperidine rings is 1. The van der Waals surface area contributed by atoms with Gasteiger partial charge in [-0.2, -0.15) is 0 Å². The number of carbonyl (C=O) groups is 2. The van der Waals surface area contributed by atoms with E-state index < -0.39 is 23.8 Å². The van der Waals surface area contributed by atoms with Gasteiger partial charge in [-0.1, -0.05) is 44.2 Å². The molecule has 0 spiro atoms. The summed E-state index contributed by atoms with van der Waals surface area (Å²) in [5.74, 6) is -3.70. The zero-order valence-electron chi connectivity index (χ0n) is 23.8. The van der Waals surface area contributed by atoms with Crippen molar-refractivity contribution < 1.29 is 19.8 Å². The number of aliphatic carboxylic acids is 2. The molecule has 1 aromatic heterocycles.